The average Bonchev–Trinajstić information content (AvgIpc) is 2.56. The number of hydrogen-bond acceptors (Lipinski definition) is 4. The van der Waals surface area contributed by atoms with Gasteiger partial charge in [-0.3, -0.25) is 9.59 Å². The summed E-state index contributed by atoms with van der Waals surface area (Å²) in [5.74, 6) is -0.894. The van der Waals surface area contributed by atoms with Crippen molar-refractivity contribution in [3.8, 4) is 12.1 Å². The molecule has 2 N–H and O–H groups in total. The van der Waals surface area contributed by atoms with Crippen molar-refractivity contribution in [3.63, 3.8) is 0 Å². The van der Waals surface area contributed by atoms with Crippen LogP contribution in [-0.2, 0) is 9.59 Å². The molecular weight excluding hydrogens is 328 g/mol. The normalized spacial score (nSPS) is 11.7. The van der Waals surface area contributed by atoms with Crippen LogP contribution in [0.4, 0.5) is 0 Å². The highest BCUT2D eigenvalue weighted by atomic mass is 16.2. The Hall–Kier alpha value is -3.38. The monoisotopic (exact) mass is 350 g/mol. The Morgan fingerprint density at radius 2 is 1.27 bits per heavy atom. The van der Waals surface area contributed by atoms with Gasteiger partial charge < -0.3 is 10.6 Å². The minimum atomic E-state index is -0.447. The topological polar surface area (TPSA) is 106 Å². The van der Waals surface area contributed by atoms with Crippen LogP contribution in [0.3, 0.4) is 0 Å². The van der Waals surface area contributed by atoms with E-state index in [9.17, 15) is 20.1 Å². The maximum absolute atomic E-state index is 12.0. The molecule has 0 saturated carbocycles. The van der Waals surface area contributed by atoms with Crippen molar-refractivity contribution >= 4 is 24.0 Å². The lowest BCUT2D eigenvalue weighted by atomic mass is 10.1. The molecule has 2 amide bonds. The quantitative estimate of drug-likeness (QED) is 0.607. The Labute approximate surface area is 153 Å². The second kappa shape index (κ2) is 9.80. The number of carbonyl (C=O) groups excluding carboxylic acids is 2. The van der Waals surface area contributed by atoms with Crippen molar-refractivity contribution in [1.29, 1.82) is 10.5 Å². The summed E-state index contributed by atoms with van der Waals surface area (Å²) in [4.78, 5) is 24.0. The van der Waals surface area contributed by atoms with E-state index in [-0.39, 0.29) is 23.2 Å². The molecular formula is C20H22N4O2. The number of nitrogens with one attached hydrogen (secondary N) is 2. The number of hydrogen-bond donors (Lipinski definition) is 2. The lowest BCUT2D eigenvalue weighted by Crippen LogP contribution is -2.31. The van der Waals surface area contributed by atoms with Gasteiger partial charge in [0.15, 0.2) is 0 Å². The van der Waals surface area contributed by atoms with Gasteiger partial charge in [-0.25, -0.2) is 0 Å². The molecule has 0 heterocycles. The molecule has 1 rings (SSSR count). The molecule has 0 aliphatic rings. The zero-order valence-corrected chi connectivity index (χ0v) is 15.3. The molecule has 6 nitrogen and oxygen atoms in total. The van der Waals surface area contributed by atoms with Crippen LogP contribution in [0, 0.1) is 22.7 Å². The summed E-state index contributed by atoms with van der Waals surface area (Å²) in [5.41, 5.74) is 1.21. The van der Waals surface area contributed by atoms with E-state index >= 15 is 0 Å². The van der Waals surface area contributed by atoms with E-state index in [0.29, 0.717) is 11.1 Å². The first-order chi connectivity index (χ1) is 12.3. The number of benzene rings is 1. The van der Waals surface area contributed by atoms with Crippen molar-refractivity contribution in [2.45, 2.75) is 39.8 Å². The minimum absolute atomic E-state index is 0.0158. The van der Waals surface area contributed by atoms with Crippen LogP contribution in [0.25, 0.3) is 12.2 Å². The van der Waals surface area contributed by atoms with Crippen molar-refractivity contribution in [2.24, 2.45) is 0 Å². The van der Waals surface area contributed by atoms with Gasteiger partial charge in [-0.1, -0.05) is 18.2 Å². The van der Waals surface area contributed by atoms with Crippen LogP contribution in [0.5, 0.6) is 0 Å². The largest absolute Gasteiger partial charge is 0.349 e. The highest BCUT2D eigenvalue weighted by Crippen LogP contribution is 2.13. The Balaban J connectivity index is 3.14. The van der Waals surface area contributed by atoms with Gasteiger partial charge in [-0.2, -0.15) is 10.5 Å². The van der Waals surface area contributed by atoms with Crippen molar-refractivity contribution in [1.82, 2.24) is 10.6 Å². The third-order valence-corrected chi connectivity index (χ3v) is 3.10. The summed E-state index contributed by atoms with van der Waals surface area (Å²) >= 11 is 0. The Kier molecular flexibility index (Phi) is 7.79. The van der Waals surface area contributed by atoms with Gasteiger partial charge in [0.1, 0.15) is 23.3 Å². The Morgan fingerprint density at radius 3 is 1.58 bits per heavy atom. The first kappa shape index (κ1) is 20.7. The molecule has 26 heavy (non-hydrogen) atoms. The van der Waals surface area contributed by atoms with E-state index < -0.39 is 11.8 Å². The van der Waals surface area contributed by atoms with Crippen LogP contribution < -0.4 is 10.6 Å². The Morgan fingerprint density at radius 1 is 0.885 bits per heavy atom. The lowest BCUT2D eigenvalue weighted by molar-refractivity contribution is -0.118. The summed E-state index contributed by atoms with van der Waals surface area (Å²) in [5, 5.41) is 23.7. The fraction of sp³-hybridized carbons (Fsp3) is 0.300. The smallest absolute Gasteiger partial charge is 0.262 e. The molecule has 0 radical (unpaired) electrons. The third-order valence-electron chi connectivity index (χ3n) is 3.10. The van der Waals surface area contributed by atoms with Crippen LogP contribution in [0.1, 0.15) is 38.8 Å². The van der Waals surface area contributed by atoms with Crippen molar-refractivity contribution < 1.29 is 9.59 Å². The van der Waals surface area contributed by atoms with E-state index in [2.05, 4.69) is 10.6 Å². The van der Waals surface area contributed by atoms with Crippen molar-refractivity contribution in [3.05, 3.63) is 46.5 Å². The summed E-state index contributed by atoms with van der Waals surface area (Å²) in [6.45, 7) is 7.24. The molecule has 0 saturated heterocycles. The number of carbonyl (C=O) groups is 2. The standard InChI is InChI=1S/C20H22N4O2/c1-13(2)23-19(25)17(11-21)9-15-6-5-7-16(8-15)10-18(12-22)20(26)24-14(3)4/h5-10,13-14H,1-4H3,(H,23,25)(H,24,26)/b17-9-,18-10-. The molecule has 0 bridgehead atoms. The molecule has 0 aliphatic carbocycles. The van der Waals surface area contributed by atoms with E-state index in [4.69, 9.17) is 0 Å². The molecule has 0 spiro atoms. The van der Waals surface area contributed by atoms with Gasteiger partial charge in [-0.05, 0) is 57.0 Å². The molecule has 0 fully saturated rings. The third kappa shape index (κ3) is 6.62. The van der Waals surface area contributed by atoms with Crippen LogP contribution in [0.2, 0.25) is 0 Å². The predicted octanol–water partition coefficient (Wildman–Crippen LogP) is 2.55. The van der Waals surface area contributed by atoms with Gasteiger partial charge in [-0.15, -0.1) is 0 Å². The first-order valence-electron chi connectivity index (χ1n) is 8.22. The van der Waals surface area contributed by atoms with Gasteiger partial charge in [0.2, 0.25) is 0 Å². The van der Waals surface area contributed by atoms with Gasteiger partial charge in [0.25, 0.3) is 11.8 Å². The summed E-state index contributed by atoms with van der Waals surface area (Å²) < 4.78 is 0. The number of rotatable bonds is 6. The second-order valence-corrected chi connectivity index (χ2v) is 6.27. The summed E-state index contributed by atoms with van der Waals surface area (Å²) in [7, 11) is 0. The van der Waals surface area contributed by atoms with E-state index in [1.807, 2.05) is 39.8 Å². The highest BCUT2D eigenvalue weighted by Gasteiger charge is 2.11. The predicted molar refractivity (Wildman–Crippen MR) is 100 cm³/mol. The highest BCUT2D eigenvalue weighted by molar-refractivity contribution is 6.03. The van der Waals surface area contributed by atoms with E-state index in [1.165, 1.54) is 12.2 Å². The molecule has 6 heteroatoms. The molecule has 0 aliphatic heterocycles. The van der Waals surface area contributed by atoms with Crippen LogP contribution >= 0.6 is 0 Å². The number of amides is 2. The number of nitriles is 2. The summed E-state index contributed by atoms with van der Waals surface area (Å²) in [6, 6.07) is 10.5. The van der Waals surface area contributed by atoms with Gasteiger partial charge >= 0.3 is 0 Å². The van der Waals surface area contributed by atoms with E-state index in [1.54, 1.807) is 24.3 Å². The van der Waals surface area contributed by atoms with Crippen molar-refractivity contribution in [2.75, 3.05) is 0 Å². The molecule has 0 atom stereocenters. The number of nitrogens with zero attached hydrogens (tertiary/aromatic N) is 2. The van der Waals surface area contributed by atoms with Crippen LogP contribution in [0.15, 0.2) is 35.4 Å². The van der Waals surface area contributed by atoms with Gasteiger partial charge in [0, 0.05) is 12.1 Å². The molecule has 0 aromatic heterocycles. The molecule has 0 unspecified atom stereocenters. The second-order valence-electron chi connectivity index (χ2n) is 6.27. The molecule has 1 aromatic rings. The molecule has 134 valence electrons. The Bertz CT molecular complexity index is 756. The fourth-order valence-corrected chi connectivity index (χ4v) is 2.05. The zero-order chi connectivity index (χ0) is 19.7. The first-order valence-corrected chi connectivity index (χ1v) is 8.22. The van der Waals surface area contributed by atoms with Gasteiger partial charge in [0.05, 0.1) is 0 Å². The van der Waals surface area contributed by atoms with E-state index in [0.717, 1.165) is 0 Å². The minimum Gasteiger partial charge on any atom is -0.349 e. The molecule has 1 aromatic carbocycles. The lowest BCUT2D eigenvalue weighted by Gasteiger charge is -2.08. The maximum Gasteiger partial charge on any atom is 0.262 e. The fourth-order valence-electron chi connectivity index (χ4n) is 2.05. The summed E-state index contributed by atoms with van der Waals surface area (Å²) in [6.07, 6.45) is 2.94. The van der Waals surface area contributed by atoms with Crippen LogP contribution in [-0.4, -0.2) is 23.9 Å². The average molecular weight is 350 g/mol. The maximum atomic E-state index is 12.0. The zero-order valence-electron chi connectivity index (χ0n) is 15.3. The SMILES string of the molecule is CC(C)NC(=O)/C(C#N)=C\c1cccc(/C=C(/C#N)C(=O)NC(C)C)c1.